The lowest BCUT2D eigenvalue weighted by Gasteiger charge is -2.11. The van der Waals surface area contributed by atoms with Crippen LogP contribution in [0.2, 0.25) is 0 Å². The van der Waals surface area contributed by atoms with Gasteiger partial charge in [0.1, 0.15) is 16.4 Å². The molecule has 2 aromatic rings. The smallest absolute Gasteiger partial charge is 0.350 e. The quantitative estimate of drug-likeness (QED) is 0.448. The number of nitrogens with zero attached hydrogens (tertiary/aromatic N) is 3. The largest absolute Gasteiger partial charge is 0.494 e. The van der Waals surface area contributed by atoms with Gasteiger partial charge in [-0.3, -0.25) is 4.79 Å². The molecule has 31 heavy (non-hydrogen) atoms. The van der Waals surface area contributed by atoms with E-state index in [0.29, 0.717) is 51.7 Å². The molecule has 1 amide bonds. The van der Waals surface area contributed by atoms with E-state index < -0.39 is 5.97 Å². The summed E-state index contributed by atoms with van der Waals surface area (Å²) in [6.07, 6.45) is 1.74. The highest BCUT2D eigenvalue weighted by molar-refractivity contribution is 7.17. The van der Waals surface area contributed by atoms with Crippen molar-refractivity contribution < 1.29 is 23.8 Å². The molecular weight excluding hydrogens is 418 g/mol. The summed E-state index contributed by atoms with van der Waals surface area (Å²) in [6, 6.07) is 5.48. The van der Waals surface area contributed by atoms with Gasteiger partial charge in [0.2, 0.25) is 5.13 Å². The number of amides is 1. The Hall–Kier alpha value is -3.20. The van der Waals surface area contributed by atoms with Gasteiger partial charge < -0.3 is 14.2 Å². The third kappa shape index (κ3) is 4.77. The molecule has 0 atom stereocenters. The van der Waals surface area contributed by atoms with Crippen LogP contribution in [0, 0.1) is 6.92 Å². The molecule has 1 aromatic heterocycles. The maximum absolute atomic E-state index is 13.1. The van der Waals surface area contributed by atoms with Gasteiger partial charge in [-0.2, -0.15) is 10.1 Å². The standard InChI is InChI=1S/C22H25N3O5S/c1-6-28-16-10-9-15(18(12-16)29-7-2)11-17-13(4)24-25(20(17)26)22-23-14(5)19(31-22)21(27)30-8-3/h9-12H,6-8H2,1-5H3/b17-11-. The van der Waals surface area contributed by atoms with E-state index in [4.69, 9.17) is 14.2 Å². The Bertz CT molecular complexity index is 1060. The molecule has 0 unspecified atom stereocenters. The van der Waals surface area contributed by atoms with Crippen molar-refractivity contribution in [2.45, 2.75) is 34.6 Å². The van der Waals surface area contributed by atoms with Crippen molar-refractivity contribution in [3.05, 3.63) is 39.9 Å². The Morgan fingerprint density at radius 3 is 2.55 bits per heavy atom. The minimum Gasteiger partial charge on any atom is -0.494 e. The van der Waals surface area contributed by atoms with Crippen LogP contribution in [0.4, 0.5) is 5.13 Å². The van der Waals surface area contributed by atoms with Crippen LogP contribution in [0.25, 0.3) is 6.08 Å². The van der Waals surface area contributed by atoms with E-state index in [1.165, 1.54) is 5.01 Å². The van der Waals surface area contributed by atoms with Crippen molar-refractivity contribution in [2.24, 2.45) is 5.10 Å². The molecule has 0 N–H and O–H groups in total. The summed E-state index contributed by atoms with van der Waals surface area (Å²) in [6.45, 7) is 10.3. The zero-order valence-electron chi connectivity index (χ0n) is 18.2. The molecule has 0 bridgehead atoms. The lowest BCUT2D eigenvalue weighted by Crippen LogP contribution is -2.21. The average Bonchev–Trinajstić information content (AvgIpc) is 3.25. The van der Waals surface area contributed by atoms with E-state index in [-0.39, 0.29) is 12.5 Å². The van der Waals surface area contributed by atoms with Crippen molar-refractivity contribution in [3.8, 4) is 11.5 Å². The fourth-order valence-corrected chi connectivity index (χ4v) is 3.91. The highest BCUT2D eigenvalue weighted by atomic mass is 32.1. The second kappa shape index (κ2) is 9.74. The van der Waals surface area contributed by atoms with Crippen LogP contribution < -0.4 is 14.5 Å². The summed E-state index contributed by atoms with van der Waals surface area (Å²) in [5.41, 5.74) is 2.22. The molecule has 8 nitrogen and oxygen atoms in total. The maximum Gasteiger partial charge on any atom is 0.350 e. The molecule has 0 saturated heterocycles. The average molecular weight is 444 g/mol. The second-order valence-corrected chi connectivity index (χ2v) is 7.54. The number of esters is 1. The number of carbonyl (C=O) groups is 2. The highest BCUT2D eigenvalue weighted by Crippen LogP contribution is 2.33. The Labute approximate surface area is 185 Å². The summed E-state index contributed by atoms with van der Waals surface area (Å²) >= 11 is 1.08. The maximum atomic E-state index is 13.1. The van der Waals surface area contributed by atoms with E-state index in [1.54, 1.807) is 32.9 Å². The lowest BCUT2D eigenvalue weighted by atomic mass is 10.1. The van der Waals surface area contributed by atoms with Crippen LogP contribution in [-0.4, -0.2) is 42.4 Å². The molecule has 0 aliphatic carbocycles. The Morgan fingerprint density at radius 1 is 1.13 bits per heavy atom. The van der Waals surface area contributed by atoms with Crippen LogP contribution >= 0.6 is 11.3 Å². The zero-order valence-corrected chi connectivity index (χ0v) is 19.0. The molecule has 2 heterocycles. The minimum absolute atomic E-state index is 0.266. The van der Waals surface area contributed by atoms with Crippen molar-refractivity contribution >= 4 is 40.1 Å². The lowest BCUT2D eigenvalue weighted by molar-refractivity contribution is -0.114. The van der Waals surface area contributed by atoms with Crippen molar-refractivity contribution in [3.63, 3.8) is 0 Å². The third-order valence-electron chi connectivity index (χ3n) is 4.39. The Kier molecular flexibility index (Phi) is 7.06. The first-order valence-corrected chi connectivity index (χ1v) is 10.9. The summed E-state index contributed by atoms with van der Waals surface area (Å²) in [7, 11) is 0. The van der Waals surface area contributed by atoms with Crippen LogP contribution in [-0.2, 0) is 9.53 Å². The number of hydrogen-bond donors (Lipinski definition) is 0. The summed E-state index contributed by atoms with van der Waals surface area (Å²) in [5.74, 6) is 0.540. The molecule has 1 aliphatic heterocycles. The van der Waals surface area contributed by atoms with Gasteiger partial charge in [0, 0.05) is 11.6 Å². The zero-order chi connectivity index (χ0) is 22.5. The van der Waals surface area contributed by atoms with Gasteiger partial charge in [-0.1, -0.05) is 11.3 Å². The number of aromatic nitrogens is 1. The first-order chi connectivity index (χ1) is 14.9. The third-order valence-corrected chi connectivity index (χ3v) is 5.50. The number of benzene rings is 1. The molecule has 3 rings (SSSR count). The highest BCUT2D eigenvalue weighted by Gasteiger charge is 2.32. The summed E-state index contributed by atoms with van der Waals surface area (Å²) < 4.78 is 16.3. The second-order valence-electron chi connectivity index (χ2n) is 6.56. The number of rotatable bonds is 8. The number of carbonyl (C=O) groups excluding carboxylic acids is 2. The Morgan fingerprint density at radius 2 is 1.87 bits per heavy atom. The fraction of sp³-hybridized carbons (Fsp3) is 0.364. The minimum atomic E-state index is -0.456. The fourth-order valence-electron chi connectivity index (χ4n) is 3.00. The van der Waals surface area contributed by atoms with E-state index in [9.17, 15) is 9.59 Å². The number of ether oxygens (including phenoxy) is 3. The first kappa shape index (κ1) is 22.5. The number of thiazole rings is 1. The van der Waals surface area contributed by atoms with Crippen molar-refractivity contribution in [1.29, 1.82) is 0 Å². The number of hydrazone groups is 1. The SMILES string of the molecule is CCOC(=O)c1sc(N2N=C(C)/C(=C/c3ccc(OCC)cc3OCC)C2=O)nc1C. The van der Waals surface area contributed by atoms with Gasteiger partial charge in [0.05, 0.1) is 36.8 Å². The van der Waals surface area contributed by atoms with E-state index in [2.05, 4.69) is 10.1 Å². The molecule has 1 aliphatic rings. The number of aryl methyl sites for hydroxylation is 1. The van der Waals surface area contributed by atoms with Crippen LogP contribution in [0.1, 0.15) is 48.6 Å². The Balaban J connectivity index is 1.92. The van der Waals surface area contributed by atoms with Gasteiger partial charge in [0.15, 0.2) is 0 Å². The molecule has 1 aromatic carbocycles. The summed E-state index contributed by atoms with van der Waals surface area (Å²) in [4.78, 5) is 29.9. The summed E-state index contributed by atoms with van der Waals surface area (Å²) in [5, 5.41) is 5.91. The van der Waals surface area contributed by atoms with Crippen LogP contribution in [0.3, 0.4) is 0 Å². The van der Waals surface area contributed by atoms with E-state index in [0.717, 1.165) is 16.9 Å². The molecule has 0 fully saturated rings. The normalized spacial score (nSPS) is 14.7. The van der Waals surface area contributed by atoms with Gasteiger partial charge in [-0.25, -0.2) is 9.78 Å². The van der Waals surface area contributed by atoms with Crippen LogP contribution in [0.15, 0.2) is 28.9 Å². The van der Waals surface area contributed by atoms with Gasteiger partial charge >= 0.3 is 5.97 Å². The van der Waals surface area contributed by atoms with Crippen molar-refractivity contribution in [2.75, 3.05) is 24.8 Å². The molecule has 0 spiro atoms. The molecule has 164 valence electrons. The molecule has 0 radical (unpaired) electrons. The van der Waals surface area contributed by atoms with E-state index in [1.807, 2.05) is 26.0 Å². The first-order valence-electron chi connectivity index (χ1n) is 10.0. The topological polar surface area (TPSA) is 90.3 Å². The number of anilines is 1. The van der Waals surface area contributed by atoms with Crippen molar-refractivity contribution in [1.82, 2.24) is 4.98 Å². The number of hydrogen-bond acceptors (Lipinski definition) is 8. The van der Waals surface area contributed by atoms with Crippen LogP contribution in [0.5, 0.6) is 11.5 Å². The van der Waals surface area contributed by atoms with Gasteiger partial charge in [-0.05, 0) is 52.8 Å². The van der Waals surface area contributed by atoms with Gasteiger partial charge in [-0.15, -0.1) is 0 Å². The van der Waals surface area contributed by atoms with Gasteiger partial charge in [0.25, 0.3) is 5.91 Å². The predicted molar refractivity (Wildman–Crippen MR) is 120 cm³/mol. The molecule has 9 heteroatoms. The molecule has 0 saturated carbocycles. The monoisotopic (exact) mass is 443 g/mol. The van der Waals surface area contributed by atoms with E-state index >= 15 is 0 Å². The molecular formula is C22H25N3O5S. The predicted octanol–water partition coefficient (Wildman–Crippen LogP) is 4.23.